The molecule has 1 aliphatic heterocycles. The Bertz CT molecular complexity index is 961. The molecule has 2 rings (SSSR count). The molecule has 1 aliphatic rings. The van der Waals surface area contributed by atoms with Crippen LogP contribution < -0.4 is 0 Å². The van der Waals surface area contributed by atoms with Crippen LogP contribution in [0.5, 0.6) is 0 Å². The minimum atomic E-state index is -3.04. The average Bonchev–Trinajstić information content (AvgIpc) is 2.95. The molecule has 2 N–H and O–H groups in total. The normalized spacial score (nSPS) is 25.6. The van der Waals surface area contributed by atoms with Crippen LogP contribution in [0.3, 0.4) is 0 Å². The molecule has 0 bridgehead atoms. The average molecular weight is 511 g/mol. The van der Waals surface area contributed by atoms with Gasteiger partial charge < -0.3 is 14.9 Å². The van der Waals surface area contributed by atoms with Gasteiger partial charge in [0.25, 0.3) is 0 Å². The van der Waals surface area contributed by atoms with Gasteiger partial charge in [0, 0.05) is 10.8 Å². The Morgan fingerprint density at radius 2 is 1.71 bits per heavy atom. The molecule has 1 saturated heterocycles. The molecule has 0 radical (unpaired) electrons. The fourth-order valence-corrected chi connectivity index (χ4v) is 7.20. The number of nitrogens with zero attached hydrogens (tertiary/aromatic N) is 2. The van der Waals surface area contributed by atoms with Gasteiger partial charge in [-0.1, -0.05) is 52.3 Å². The molecule has 6 atom stereocenters. The molecule has 1 aromatic rings. The number of aryl methyl sites for hydroxylation is 1. The van der Waals surface area contributed by atoms with Gasteiger partial charge in [0.05, 0.1) is 46.3 Å². The molecule has 0 unspecified atom stereocenters. The maximum Gasteiger partial charge on any atom is 0.410 e. The Kier molecular flexibility index (Phi) is 9.81. The summed E-state index contributed by atoms with van der Waals surface area (Å²) in [6.07, 6.45) is -0.671. The van der Waals surface area contributed by atoms with E-state index in [1.807, 2.05) is 72.7 Å². The molecule has 0 aromatic heterocycles. The monoisotopic (exact) mass is 510 g/mol. The molecule has 35 heavy (non-hydrogen) atoms. The highest BCUT2D eigenvalue weighted by atomic mass is 32.2. The van der Waals surface area contributed by atoms with Gasteiger partial charge in [0.1, 0.15) is 5.60 Å². The third-order valence-electron chi connectivity index (χ3n) is 6.62. The van der Waals surface area contributed by atoms with Crippen LogP contribution in [-0.4, -0.2) is 67.6 Å². The lowest BCUT2D eigenvalue weighted by molar-refractivity contribution is 0.00747. The third kappa shape index (κ3) is 7.43. The van der Waals surface area contributed by atoms with Crippen LogP contribution in [0.15, 0.2) is 33.5 Å². The quantitative estimate of drug-likeness (QED) is 0.520. The van der Waals surface area contributed by atoms with Crippen molar-refractivity contribution in [1.29, 1.82) is 0 Å². The van der Waals surface area contributed by atoms with Crippen LogP contribution in [0.25, 0.3) is 0 Å². The lowest BCUT2D eigenvalue weighted by Gasteiger charge is -2.34. The molecule has 0 spiro atoms. The van der Waals surface area contributed by atoms with E-state index in [9.17, 15) is 19.2 Å². The van der Waals surface area contributed by atoms with E-state index < -0.39 is 45.7 Å². The zero-order valence-corrected chi connectivity index (χ0v) is 23.7. The first-order valence-electron chi connectivity index (χ1n) is 12.7. The van der Waals surface area contributed by atoms with E-state index in [4.69, 9.17) is 9.10 Å². The van der Waals surface area contributed by atoms with Crippen molar-refractivity contribution >= 4 is 15.8 Å². The molecule has 0 aliphatic carbocycles. The van der Waals surface area contributed by atoms with Gasteiger partial charge in [0.2, 0.25) is 0 Å². The van der Waals surface area contributed by atoms with Crippen molar-refractivity contribution in [2.75, 3.05) is 12.4 Å². The molecule has 0 saturated carbocycles. The maximum absolute atomic E-state index is 14.6. The number of hydrogen-bond acceptors (Lipinski definition) is 6. The second-order valence-corrected chi connectivity index (χ2v) is 14.0. The highest BCUT2D eigenvalue weighted by Gasteiger charge is 2.50. The van der Waals surface area contributed by atoms with Gasteiger partial charge in [-0.25, -0.2) is 13.4 Å². The Morgan fingerprint density at radius 3 is 2.17 bits per heavy atom. The van der Waals surface area contributed by atoms with Gasteiger partial charge in [-0.3, -0.25) is 4.90 Å². The number of carbonyl (C=O) groups is 1. The van der Waals surface area contributed by atoms with Crippen LogP contribution in [0.1, 0.15) is 67.4 Å². The van der Waals surface area contributed by atoms with Crippen molar-refractivity contribution in [1.82, 2.24) is 4.90 Å². The van der Waals surface area contributed by atoms with Gasteiger partial charge in [0.15, 0.2) is 0 Å². The summed E-state index contributed by atoms with van der Waals surface area (Å²) in [6.45, 7) is 17.1. The van der Waals surface area contributed by atoms with E-state index in [2.05, 4.69) is 13.8 Å². The molecule has 1 heterocycles. The first kappa shape index (κ1) is 29.6. The highest BCUT2D eigenvalue weighted by Crippen LogP contribution is 2.37. The highest BCUT2D eigenvalue weighted by molar-refractivity contribution is 7.93. The van der Waals surface area contributed by atoms with E-state index in [1.54, 1.807) is 4.90 Å². The second-order valence-electron chi connectivity index (χ2n) is 11.7. The van der Waals surface area contributed by atoms with Crippen LogP contribution in [0, 0.1) is 24.7 Å². The van der Waals surface area contributed by atoms with E-state index in [0.29, 0.717) is 11.3 Å². The summed E-state index contributed by atoms with van der Waals surface area (Å²) < 4.78 is 25.1. The molecule has 1 amide bonds. The fourth-order valence-electron chi connectivity index (χ4n) is 4.56. The van der Waals surface area contributed by atoms with E-state index in [-0.39, 0.29) is 30.1 Å². The molecular formula is C27H46N2O5S. The first-order valence-corrected chi connectivity index (χ1v) is 14.4. The van der Waals surface area contributed by atoms with Crippen molar-refractivity contribution in [3.05, 3.63) is 29.8 Å². The Labute approximate surface area is 212 Å². The third-order valence-corrected chi connectivity index (χ3v) is 9.03. The standard InChI is InChI=1S/C27H46N2O5S/c1-17(2)14-23-25(31)20(6)24(29(23)26(32)34-27(7,8)9)16-35(33,28-22(15-30)18(3)4)21-12-10-19(5)11-13-21/h10-13,17-18,20,22-25,30-31H,14-16H2,1-9H3/t20-,22+,23-,24-,25-,35+/m0/s1. The van der Waals surface area contributed by atoms with Gasteiger partial charge in [-0.15, -0.1) is 0 Å². The van der Waals surface area contributed by atoms with E-state index >= 15 is 0 Å². The van der Waals surface area contributed by atoms with Crippen molar-refractivity contribution < 1.29 is 24.0 Å². The Hall–Kier alpha value is -1.64. The van der Waals surface area contributed by atoms with Crippen molar-refractivity contribution in [3.8, 4) is 0 Å². The molecule has 1 fully saturated rings. The summed E-state index contributed by atoms with van der Waals surface area (Å²) in [5, 5.41) is 21.2. The lowest BCUT2D eigenvalue weighted by atomic mass is 9.94. The van der Waals surface area contributed by atoms with Gasteiger partial charge in [-0.2, -0.15) is 0 Å². The van der Waals surface area contributed by atoms with Crippen LogP contribution in [0.2, 0.25) is 0 Å². The number of carbonyl (C=O) groups excluding carboxylic acids is 1. The van der Waals surface area contributed by atoms with Crippen molar-refractivity contribution in [2.45, 2.75) is 103 Å². The molecule has 8 heteroatoms. The first-order chi connectivity index (χ1) is 16.1. The Balaban J connectivity index is 2.63. The SMILES string of the molecule is Cc1ccc([S@](=O)(C[C@H]2[C@H](C)[C@H](O)[C@H](CC(C)C)N2C(=O)OC(C)(C)C)=N[C@H](CO)C(C)C)cc1. The summed E-state index contributed by atoms with van der Waals surface area (Å²) in [4.78, 5) is 15.6. The minimum Gasteiger partial charge on any atom is -0.444 e. The van der Waals surface area contributed by atoms with Crippen molar-refractivity contribution in [3.63, 3.8) is 0 Å². The number of hydrogen-bond donors (Lipinski definition) is 2. The van der Waals surface area contributed by atoms with Crippen LogP contribution in [-0.2, 0) is 14.5 Å². The predicted octanol–water partition coefficient (Wildman–Crippen LogP) is 4.87. The number of ether oxygens (including phenoxy) is 1. The van der Waals surface area contributed by atoms with Crippen LogP contribution in [0.4, 0.5) is 4.79 Å². The number of aliphatic hydroxyl groups excluding tert-OH is 2. The summed E-state index contributed by atoms with van der Waals surface area (Å²) in [6, 6.07) is 5.94. The molecular weight excluding hydrogens is 464 g/mol. The molecule has 7 nitrogen and oxygen atoms in total. The van der Waals surface area contributed by atoms with Gasteiger partial charge >= 0.3 is 6.09 Å². The minimum absolute atomic E-state index is 0.00601. The summed E-state index contributed by atoms with van der Waals surface area (Å²) in [7, 11) is -3.04. The smallest absolute Gasteiger partial charge is 0.410 e. The molecule has 200 valence electrons. The zero-order chi connectivity index (χ0) is 26.7. The summed E-state index contributed by atoms with van der Waals surface area (Å²) >= 11 is 0. The largest absolute Gasteiger partial charge is 0.444 e. The van der Waals surface area contributed by atoms with Crippen molar-refractivity contribution in [2.24, 2.45) is 22.1 Å². The van der Waals surface area contributed by atoms with E-state index in [0.717, 1.165) is 5.56 Å². The number of benzene rings is 1. The number of rotatable bonds is 8. The fraction of sp³-hybridized carbons (Fsp3) is 0.741. The second kappa shape index (κ2) is 11.6. The number of amides is 1. The molecule has 1 aromatic carbocycles. The number of aliphatic hydroxyl groups is 2. The zero-order valence-electron chi connectivity index (χ0n) is 22.9. The van der Waals surface area contributed by atoms with Gasteiger partial charge in [-0.05, 0) is 58.1 Å². The Morgan fingerprint density at radius 1 is 1.14 bits per heavy atom. The topological polar surface area (TPSA) is 99.4 Å². The van der Waals surface area contributed by atoms with Crippen LogP contribution >= 0.6 is 0 Å². The predicted molar refractivity (Wildman–Crippen MR) is 141 cm³/mol. The summed E-state index contributed by atoms with van der Waals surface area (Å²) in [5.41, 5.74) is 0.332. The van der Waals surface area contributed by atoms with E-state index in [1.165, 1.54) is 0 Å². The number of likely N-dealkylation sites (tertiary alicyclic amines) is 1. The maximum atomic E-state index is 14.6. The summed E-state index contributed by atoms with van der Waals surface area (Å²) in [5.74, 6) is -0.0185. The lowest BCUT2D eigenvalue weighted by Crippen LogP contribution is -2.48.